The van der Waals surface area contributed by atoms with E-state index in [1.54, 1.807) is 4.90 Å². The Morgan fingerprint density at radius 2 is 1.78 bits per heavy atom. The maximum atomic E-state index is 12.8. The fourth-order valence-corrected chi connectivity index (χ4v) is 3.58. The molecule has 2 aromatic rings. The first-order valence-electron chi connectivity index (χ1n) is 8.92. The van der Waals surface area contributed by atoms with Gasteiger partial charge in [-0.3, -0.25) is 9.89 Å². The summed E-state index contributed by atoms with van der Waals surface area (Å²) in [7, 11) is 0. The first kappa shape index (κ1) is 17.8. The first-order valence-corrected chi connectivity index (χ1v) is 8.92. The predicted octanol–water partition coefficient (Wildman–Crippen LogP) is 2.04. The molecule has 4 rings (SSSR count). The average Bonchev–Trinajstić information content (AvgIpc) is 3.11. The SMILES string of the molecule is O=C(c1n[nH]c2c1CNCC2)N1CCN(c2ccc(C(F)(F)F)cc2)CC1. The molecular weight excluding hydrogens is 359 g/mol. The molecule has 1 aromatic carbocycles. The Hall–Kier alpha value is -2.55. The third-order valence-electron chi connectivity index (χ3n) is 5.14. The van der Waals surface area contributed by atoms with Crippen LogP contribution >= 0.6 is 0 Å². The largest absolute Gasteiger partial charge is 0.416 e. The van der Waals surface area contributed by atoms with Gasteiger partial charge >= 0.3 is 6.18 Å². The molecule has 9 heteroatoms. The van der Waals surface area contributed by atoms with E-state index in [-0.39, 0.29) is 5.91 Å². The summed E-state index contributed by atoms with van der Waals surface area (Å²) < 4.78 is 38.1. The Morgan fingerprint density at radius 3 is 2.44 bits per heavy atom. The van der Waals surface area contributed by atoms with E-state index in [1.807, 2.05) is 4.90 Å². The van der Waals surface area contributed by atoms with E-state index >= 15 is 0 Å². The number of nitrogens with one attached hydrogen (secondary N) is 2. The molecule has 1 fully saturated rings. The van der Waals surface area contributed by atoms with Crippen LogP contribution in [0.5, 0.6) is 0 Å². The number of amides is 1. The lowest BCUT2D eigenvalue weighted by Gasteiger charge is -2.36. The Bertz CT molecular complexity index is 823. The van der Waals surface area contributed by atoms with Crippen LogP contribution in [-0.4, -0.2) is 53.7 Å². The van der Waals surface area contributed by atoms with Crippen molar-refractivity contribution in [1.82, 2.24) is 20.4 Å². The number of piperazine rings is 1. The van der Waals surface area contributed by atoms with E-state index in [0.717, 1.165) is 42.0 Å². The van der Waals surface area contributed by atoms with Crippen LogP contribution in [0.4, 0.5) is 18.9 Å². The number of anilines is 1. The number of aromatic amines is 1. The number of alkyl halides is 3. The van der Waals surface area contributed by atoms with Gasteiger partial charge in [0.05, 0.1) is 5.56 Å². The minimum absolute atomic E-state index is 0.0942. The lowest BCUT2D eigenvalue weighted by molar-refractivity contribution is -0.137. The van der Waals surface area contributed by atoms with Crippen molar-refractivity contribution in [2.24, 2.45) is 0 Å². The van der Waals surface area contributed by atoms with Crippen LogP contribution in [0.3, 0.4) is 0 Å². The lowest BCUT2D eigenvalue weighted by atomic mass is 10.1. The number of hydrogen-bond donors (Lipinski definition) is 2. The molecule has 1 saturated heterocycles. The fourth-order valence-electron chi connectivity index (χ4n) is 3.58. The summed E-state index contributed by atoms with van der Waals surface area (Å²) in [5, 5.41) is 10.4. The Balaban J connectivity index is 1.40. The molecule has 1 aromatic heterocycles. The van der Waals surface area contributed by atoms with Gasteiger partial charge in [0, 0.05) is 62.6 Å². The summed E-state index contributed by atoms with van der Waals surface area (Å²) >= 11 is 0. The molecule has 3 heterocycles. The second kappa shape index (κ2) is 6.88. The number of H-pyrrole nitrogens is 1. The zero-order valence-electron chi connectivity index (χ0n) is 14.6. The van der Waals surface area contributed by atoms with Crippen molar-refractivity contribution in [3.8, 4) is 0 Å². The predicted molar refractivity (Wildman–Crippen MR) is 93.6 cm³/mol. The van der Waals surface area contributed by atoms with Gasteiger partial charge in [-0.15, -0.1) is 0 Å². The number of fused-ring (bicyclic) bond motifs is 1. The number of rotatable bonds is 2. The molecule has 1 amide bonds. The molecular formula is C18H20F3N5O. The van der Waals surface area contributed by atoms with Crippen LogP contribution < -0.4 is 10.2 Å². The van der Waals surface area contributed by atoms with Gasteiger partial charge in [0.25, 0.3) is 5.91 Å². The van der Waals surface area contributed by atoms with Gasteiger partial charge in [-0.2, -0.15) is 18.3 Å². The van der Waals surface area contributed by atoms with Crippen molar-refractivity contribution < 1.29 is 18.0 Å². The second-order valence-electron chi connectivity index (χ2n) is 6.78. The summed E-state index contributed by atoms with van der Waals surface area (Å²) in [6.07, 6.45) is -3.50. The molecule has 0 unspecified atom stereocenters. The van der Waals surface area contributed by atoms with Crippen molar-refractivity contribution in [3.05, 3.63) is 46.8 Å². The summed E-state index contributed by atoms with van der Waals surface area (Å²) in [5.74, 6) is -0.0942. The molecule has 0 bridgehead atoms. The second-order valence-corrected chi connectivity index (χ2v) is 6.78. The highest BCUT2D eigenvalue weighted by Crippen LogP contribution is 2.30. The highest BCUT2D eigenvalue weighted by molar-refractivity contribution is 5.94. The molecule has 2 N–H and O–H groups in total. The number of nitrogens with zero attached hydrogens (tertiary/aromatic N) is 3. The average molecular weight is 379 g/mol. The molecule has 2 aliphatic rings. The van der Waals surface area contributed by atoms with Crippen molar-refractivity contribution >= 4 is 11.6 Å². The van der Waals surface area contributed by atoms with E-state index in [0.29, 0.717) is 38.4 Å². The van der Waals surface area contributed by atoms with Crippen LogP contribution in [0.15, 0.2) is 24.3 Å². The Labute approximate surface area is 154 Å². The molecule has 2 aliphatic heterocycles. The maximum Gasteiger partial charge on any atom is 0.416 e. The van der Waals surface area contributed by atoms with Crippen molar-refractivity contribution in [2.75, 3.05) is 37.6 Å². The van der Waals surface area contributed by atoms with Crippen LogP contribution in [0.1, 0.15) is 27.3 Å². The van der Waals surface area contributed by atoms with Gasteiger partial charge < -0.3 is 15.1 Å². The summed E-state index contributed by atoms with van der Waals surface area (Å²) in [6.45, 7) is 3.67. The summed E-state index contributed by atoms with van der Waals surface area (Å²) in [4.78, 5) is 16.6. The molecule has 0 saturated carbocycles. The van der Waals surface area contributed by atoms with Gasteiger partial charge in [0.1, 0.15) is 0 Å². The highest BCUT2D eigenvalue weighted by atomic mass is 19.4. The number of hydrogen-bond acceptors (Lipinski definition) is 4. The number of aromatic nitrogens is 2. The molecule has 0 aliphatic carbocycles. The maximum absolute atomic E-state index is 12.8. The van der Waals surface area contributed by atoms with Crippen molar-refractivity contribution in [3.63, 3.8) is 0 Å². The quantitative estimate of drug-likeness (QED) is 0.838. The first-order chi connectivity index (χ1) is 12.9. The zero-order valence-corrected chi connectivity index (χ0v) is 14.6. The van der Waals surface area contributed by atoms with Crippen LogP contribution in [0, 0.1) is 0 Å². The number of carbonyl (C=O) groups excluding carboxylic acids is 1. The minimum atomic E-state index is -4.33. The normalized spacial score (nSPS) is 17.7. The van der Waals surface area contributed by atoms with Crippen molar-refractivity contribution in [1.29, 1.82) is 0 Å². The summed E-state index contributed by atoms with van der Waals surface area (Å²) in [6, 6.07) is 5.15. The van der Waals surface area contributed by atoms with E-state index in [4.69, 9.17) is 0 Å². The van der Waals surface area contributed by atoms with Crippen LogP contribution in [-0.2, 0) is 19.1 Å². The fraction of sp³-hybridized carbons (Fsp3) is 0.444. The van der Waals surface area contributed by atoms with Crippen molar-refractivity contribution in [2.45, 2.75) is 19.1 Å². The Morgan fingerprint density at radius 1 is 1.07 bits per heavy atom. The molecule has 0 radical (unpaired) electrons. The lowest BCUT2D eigenvalue weighted by Crippen LogP contribution is -2.49. The van der Waals surface area contributed by atoms with E-state index in [9.17, 15) is 18.0 Å². The number of benzene rings is 1. The molecule has 27 heavy (non-hydrogen) atoms. The van der Waals surface area contributed by atoms with E-state index < -0.39 is 11.7 Å². The standard InChI is InChI=1S/C18H20F3N5O/c19-18(20,21)12-1-3-13(4-2-12)25-7-9-26(10-8-25)17(27)16-14-11-22-6-5-15(14)23-24-16/h1-4,22H,5-11H2,(H,23,24). The third kappa shape index (κ3) is 3.51. The molecule has 0 atom stereocenters. The van der Waals surface area contributed by atoms with Gasteiger partial charge in [-0.05, 0) is 24.3 Å². The number of halogens is 3. The zero-order chi connectivity index (χ0) is 19.0. The smallest absolute Gasteiger partial charge is 0.368 e. The summed E-state index contributed by atoms with van der Waals surface area (Å²) in [5.41, 5.74) is 2.51. The van der Waals surface area contributed by atoms with Gasteiger partial charge in [0.15, 0.2) is 5.69 Å². The van der Waals surface area contributed by atoms with Crippen LogP contribution in [0.2, 0.25) is 0 Å². The molecule has 144 valence electrons. The van der Waals surface area contributed by atoms with E-state index in [2.05, 4.69) is 15.5 Å². The van der Waals surface area contributed by atoms with E-state index in [1.165, 1.54) is 12.1 Å². The van der Waals surface area contributed by atoms with Gasteiger partial charge in [0.2, 0.25) is 0 Å². The topological polar surface area (TPSA) is 64.3 Å². The molecule has 6 nitrogen and oxygen atoms in total. The Kier molecular flexibility index (Phi) is 4.55. The monoisotopic (exact) mass is 379 g/mol. The van der Waals surface area contributed by atoms with Gasteiger partial charge in [-0.1, -0.05) is 0 Å². The molecule has 0 spiro atoms. The third-order valence-corrected chi connectivity index (χ3v) is 5.14. The van der Waals surface area contributed by atoms with Gasteiger partial charge in [-0.25, -0.2) is 0 Å². The number of carbonyl (C=O) groups is 1. The van der Waals surface area contributed by atoms with Crippen LogP contribution in [0.25, 0.3) is 0 Å². The minimum Gasteiger partial charge on any atom is -0.368 e. The highest BCUT2D eigenvalue weighted by Gasteiger charge is 2.31.